The zero-order chi connectivity index (χ0) is 24.3. The number of anilines is 2. The van der Waals surface area contributed by atoms with E-state index in [1.54, 1.807) is 18.2 Å². The van der Waals surface area contributed by atoms with Crippen LogP contribution >= 0.6 is 0 Å². The lowest BCUT2D eigenvalue weighted by molar-refractivity contribution is -0.138. The topological polar surface area (TPSA) is 78.4 Å². The van der Waals surface area contributed by atoms with E-state index >= 15 is 0 Å². The zero-order valence-corrected chi connectivity index (χ0v) is 18.3. The molecule has 2 heterocycles. The predicted molar refractivity (Wildman–Crippen MR) is 121 cm³/mol. The maximum absolute atomic E-state index is 13.3. The number of aromatic nitrogens is 2. The summed E-state index contributed by atoms with van der Waals surface area (Å²) in [7, 11) is 0. The Balaban J connectivity index is 1.38. The molecular weight excluding hydrogens is 447 g/mol. The van der Waals surface area contributed by atoms with E-state index in [0.717, 1.165) is 11.6 Å². The molecule has 1 fully saturated rings. The number of alkyl halides is 3. The van der Waals surface area contributed by atoms with Crippen LogP contribution in [-0.4, -0.2) is 53.1 Å². The molecule has 1 N–H and O–H groups in total. The lowest BCUT2D eigenvalue weighted by Gasteiger charge is -2.35. The summed E-state index contributed by atoms with van der Waals surface area (Å²) in [6.07, 6.45) is -4.60. The molecule has 0 unspecified atom stereocenters. The lowest BCUT2D eigenvalue weighted by Crippen LogP contribution is -2.49. The predicted octanol–water partition coefficient (Wildman–Crippen LogP) is 4.02. The molecule has 4 rings (SSSR count). The molecular formula is C24H22F3N5O2. The molecule has 1 aliphatic rings. The maximum atomic E-state index is 13.3. The van der Waals surface area contributed by atoms with E-state index < -0.39 is 17.6 Å². The molecule has 10 heteroatoms. The molecule has 0 bridgehead atoms. The van der Waals surface area contributed by atoms with Crippen molar-refractivity contribution in [3.63, 3.8) is 0 Å². The summed E-state index contributed by atoms with van der Waals surface area (Å²) >= 11 is 0. The van der Waals surface area contributed by atoms with Crippen molar-refractivity contribution < 1.29 is 22.8 Å². The van der Waals surface area contributed by atoms with Gasteiger partial charge in [-0.25, -0.2) is 0 Å². The Kier molecular flexibility index (Phi) is 6.49. The second kappa shape index (κ2) is 9.50. The molecule has 7 nitrogen and oxygen atoms in total. The van der Waals surface area contributed by atoms with E-state index in [9.17, 15) is 22.8 Å². The maximum Gasteiger partial charge on any atom is 0.417 e. The first kappa shape index (κ1) is 23.2. The Morgan fingerprint density at radius 1 is 0.882 bits per heavy atom. The number of nitrogens with zero attached hydrogens (tertiary/aromatic N) is 4. The fraction of sp³-hybridized carbons (Fsp3) is 0.250. The second-order valence-electron chi connectivity index (χ2n) is 7.87. The normalized spacial score (nSPS) is 14.1. The summed E-state index contributed by atoms with van der Waals surface area (Å²) in [5.41, 5.74) is 0.474. The van der Waals surface area contributed by atoms with Gasteiger partial charge in [-0.15, -0.1) is 10.2 Å². The van der Waals surface area contributed by atoms with Gasteiger partial charge in [-0.3, -0.25) is 9.59 Å². The number of nitrogens with one attached hydrogen (secondary N) is 1. The molecule has 0 radical (unpaired) electrons. The van der Waals surface area contributed by atoms with Crippen LogP contribution in [0.3, 0.4) is 0 Å². The number of amides is 2. The third-order valence-corrected chi connectivity index (χ3v) is 5.63. The number of rotatable bonds is 4. The van der Waals surface area contributed by atoms with Gasteiger partial charge in [0.05, 0.1) is 11.1 Å². The summed E-state index contributed by atoms with van der Waals surface area (Å²) in [6.45, 7) is 3.12. The minimum Gasteiger partial charge on any atom is -0.352 e. The highest BCUT2D eigenvalue weighted by molar-refractivity contribution is 6.03. The van der Waals surface area contributed by atoms with Crippen molar-refractivity contribution >= 4 is 23.3 Å². The fourth-order valence-corrected chi connectivity index (χ4v) is 3.74. The van der Waals surface area contributed by atoms with E-state index in [0.29, 0.717) is 24.6 Å². The first-order valence-electron chi connectivity index (χ1n) is 10.6. The molecule has 176 valence electrons. The van der Waals surface area contributed by atoms with Gasteiger partial charge in [0.25, 0.3) is 11.8 Å². The van der Waals surface area contributed by atoms with Crippen molar-refractivity contribution in [2.45, 2.75) is 13.1 Å². The Morgan fingerprint density at radius 3 is 2.21 bits per heavy atom. The van der Waals surface area contributed by atoms with Crippen LogP contribution in [0.15, 0.2) is 60.7 Å². The monoisotopic (exact) mass is 469 g/mol. The number of carbonyl (C=O) groups is 2. The number of para-hydroxylation sites is 1. The molecule has 0 aliphatic carbocycles. The van der Waals surface area contributed by atoms with E-state index in [2.05, 4.69) is 15.5 Å². The van der Waals surface area contributed by atoms with Crippen molar-refractivity contribution in [3.05, 3.63) is 83.0 Å². The SMILES string of the molecule is Cc1ccccc1NC(=O)c1ccc(N2CCN(C(=O)c3ccccc3C(F)(F)F)CC2)nn1. The third kappa shape index (κ3) is 5.00. The van der Waals surface area contributed by atoms with Crippen LogP contribution in [0.2, 0.25) is 0 Å². The number of carbonyl (C=O) groups excluding carboxylic acids is 2. The summed E-state index contributed by atoms with van der Waals surface area (Å²) < 4.78 is 39.8. The number of hydrogen-bond donors (Lipinski definition) is 1. The summed E-state index contributed by atoms with van der Waals surface area (Å²) in [6, 6.07) is 15.4. The minimum atomic E-state index is -4.60. The van der Waals surface area contributed by atoms with Gasteiger partial charge < -0.3 is 15.1 Å². The van der Waals surface area contributed by atoms with Crippen molar-refractivity contribution in [2.24, 2.45) is 0 Å². The largest absolute Gasteiger partial charge is 0.417 e. The van der Waals surface area contributed by atoms with Crippen LogP contribution in [0.25, 0.3) is 0 Å². The van der Waals surface area contributed by atoms with Crippen molar-refractivity contribution in [2.75, 3.05) is 36.4 Å². The van der Waals surface area contributed by atoms with Gasteiger partial charge >= 0.3 is 6.18 Å². The molecule has 34 heavy (non-hydrogen) atoms. The van der Waals surface area contributed by atoms with Gasteiger partial charge in [-0.2, -0.15) is 13.2 Å². The van der Waals surface area contributed by atoms with Crippen LogP contribution in [0, 0.1) is 6.92 Å². The van der Waals surface area contributed by atoms with Crippen LogP contribution in [0.4, 0.5) is 24.7 Å². The Bertz CT molecular complexity index is 1190. The van der Waals surface area contributed by atoms with Gasteiger partial charge in [0.1, 0.15) is 0 Å². The number of benzene rings is 2. The number of hydrogen-bond acceptors (Lipinski definition) is 5. The smallest absolute Gasteiger partial charge is 0.352 e. The fourth-order valence-electron chi connectivity index (χ4n) is 3.74. The van der Waals surface area contributed by atoms with Crippen molar-refractivity contribution in [3.8, 4) is 0 Å². The average molecular weight is 469 g/mol. The van der Waals surface area contributed by atoms with Gasteiger partial charge in [0.2, 0.25) is 0 Å². The molecule has 2 amide bonds. The lowest BCUT2D eigenvalue weighted by atomic mass is 10.1. The number of piperazine rings is 1. The highest BCUT2D eigenvalue weighted by Gasteiger charge is 2.36. The molecule has 2 aromatic carbocycles. The van der Waals surface area contributed by atoms with Crippen LogP contribution < -0.4 is 10.2 Å². The third-order valence-electron chi connectivity index (χ3n) is 5.63. The van der Waals surface area contributed by atoms with Crippen LogP contribution in [0.5, 0.6) is 0 Å². The zero-order valence-electron chi connectivity index (χ0n) is 18.3. The van der Waals surface area contributed by atoms with Gasteiger partial charge in [0, 0.05) is 31.9 Å². The van der Waals surface area contributed by atoms with Gasteiger partial charge in [-0.05, 0) is 42.8 Å². The van der Waals surface area contributed by atoms with Crippen molar-refractivity contribution in [1.82, 2.24) is 15.1 Å². The van der Waals surface area contributed by atoms with E-state index in [4.69, 9.17) is 0 Å². The van der Waals surface area contributed by atoms with Crippen LogP contribution in [0.1, 0.15) is 32.0 Å². The van der Waals surface area contributed by atoms with E-state index in [1.807, 2.05) is 30.0 Å². The molecule has 0 spiro atoms. The average Bonchev–Trinajstić information content (AvgIpc) is 2.84. The summed E-state index contributed by atoms with van der Waals surface area (Å²) in [5, 5.41) is 10.9. The van der Waals surface area contributed by atoms with Gasteiger partial charge in [-0.1, -0.05) is 30.3 Å². The minimum absolute atomic E-state index is 0.157. The number of aryl methyl sites for hydroxylation is 1. The highest BCUT2D eigenvalue weighted by atomic mass is 19.4. The molecule has 1 aliphatic heterocycles. The summed E-state index contributed by atoms with van der Waals surface area (Å²) in [5.74, 6) is -0.510. The molecule has 0 atom stereocenters. The van der Waals surface area contributed by atoms with E-state index in [-0.39, 0.29) is 30.3 Å². The van der Waals surface area contributed by atoms with Crippen LogP contribution in [-0.2, 0) is 6.18 Å². The van der Waals surface area contributed by atoms with E-state index in [1.165, 1.54) is 23.1 Å². The summed E-state index contributed by atoms with van der Waals surface area (Å²) in [4.78, 5) is 28.5. The van der Waals surface area contributed by atoms with Gasteiger partial charge in [0.15, 0.2) is 11.5 Å². The first-order valence-corrected chi connectivity index (χ1v) is 10.6. The Hall–Kier alpha value is -3.95. The Labute approximate surface area is 194 Å². The Morgan fingerprint density at radius 2 is 1.56 bits per heavy atom. The molecule has 3 aromatic rings. The molecule has 1 aromatic heterocycles. The van der Waals surface area contributed by atoms with Crippen molar-refractivity contribution in [1.29, 1.82) is 0 Å². The first-order chi connectivity index (χ1) is 16.2. The standard InChI is InChI=1S/C24H22F3N5O2/c1-16-6-2-5-9-19(16)28-22(33)20-10-11-21(30-29-20)31-12-14-32(15-13-31)23(34)17-7-3-4-8-18(17)24(25,26)27/h2-11H,12-15H2,1H3,(H,28,33). The molecule has 1 saturated heterocycles. The second-order valence-corrected chi connectivity index (χ2v) is 7.87. The highest BCUT2D eigenvalue weighted by Crippen LogP contribution is 2.32. The quantitative estimate of drug-likeness (QED) is 0.625. The molecule has 0 saturated carbocycles. The number of halogens is 3.